The monoisotopic (exact) mass is 654 g/mol. The molecule has 0 bridgehead atoms. The third-order valence-electron chi connectivity index (χ3n) is 9.49. The van der Waals surface area contributed by atoms with Gasteiger partial charge in [-0.25, -0.2) is 8.42 Å². The first-order chi connectivity index (χ1) is 22.3. The summed E-state index contributed by atoms with van der Waals surface area (Å²) >= 11 is 0. The summed E-state index contributed by atoms with van der Waals surface area (Å²) in [5, 5.41) is -0.699. The molecule has 5 heteroatoms. The van der Waals surface area contributed by atoms with E-state index in [4.69, 9.17) is 9.47 Å². The van der Waals surface area contributed by atoms with E-state index in [1.54, 1.807) is 24.3 Å². The number of sulfone groups is 1. The Kier molecular flexibility index (Phi) is 12.4. The lowest BCUT2D eigenvalue weighted by molar-refractivity contribution is 0.0564. The first-order valence-corrected chi connectivity index (χ1v) is 18.6. The van der Waals surface area contributed by atoms with Gasteiger partial charge in [0, 0.05) is 12.0 Å². The van der Waals surface area contributed by atoms with Crippen LogP contribution < -0.4 is 9.47 Å². The minimum absolute atomic E-state index is 0.354. The molecule has 0 radical (unpaired) electrons. The molecule has 0 amide bonds. The predicted molar refractivity (Wildman–Crippen MR) is 196 cm³/mol. The summed E-state index contributed by atoms with van der Waals surface area (Å²) in [6, 6.07) is 19.1. The van der Waals surface area contributed by atoms with Crippen molar-refractivity contribution in [3.8, 4) is 11.5 Å². The van der Waals surface area contributed by atoms with Crippen molar-refractivity contribution in [3.05, 3.63) is 123 Å². The molecule has 1 unspecified atom stereocenters. The molecule has 0 aliphatic carbocycles. The Balaban J connectivity index is 1.57. The Bertz CT molecular complexity index is 1710. The lowest BCUT2D eigenvalue weighted by atomic mass is 9.84. The molecule has 1 aliphatic rings. The van der Waals surface area contributed by atoms with E-state index in [1.807, 2.05) is 30.3 Å². The zero-order valence-electron chi connectivity index (χ0n) is 29.8. The second-order valence-electron chi connectivity index (χ2n) is 13.9. The Morgan fingerprint density at radius 1 is 0.851 bits per heavy atom. The van der Waals surface area contributed by atoms with Gasteiger partial charge in [0.2, 0.25) is 0 Å². The van der Waals surface area contributed by atoms with E-state index in [9.17, 15) is 8.42 Å². The number of hydrogen-bond donors (Lipinski definition) is 0. The summed E-state index contributed by atoms with van der Waals surface area (Å²) in [5.74, 6) is 1.80. The van der Waals surface area contributed by atoms with Crippen molar-refractivity contribution in [3.63, 3.8) is 0 Å². The minimum Gasteiger partial charge on any atom is -0.488 e. The average molecular weight is 655 g/mol. The van der Waals surface area contributed by atoms with Gasteiger partial charge in [0.15, 0.2) is 9.84 Å². The molecule has 1 heterocycles. The van der Waals surface area contributed by atoms with E-state index in [0.29, 0.717) is 17.9 Å². The summed E-state index contributed by atoms with van der Waals surface area (Å²) in [4.78, 5) is 0.354. The minimum atomic E-state index is -3.64. The maximum absolute atomic E-state index is 14.2. The van der Waals surface area contributed by atoms with E-state index < -0.39 is 20.7 Å². The van der Waals surface area contributed by atoms with E-state index in [2.05, 4.69) is 79.7 Å². The van der Waals surface area contributed by atoms with Gasteiger partial charge in [0.05, 0.1) is 10.1 Å². The first kappa shape index (κ1) is 36.3. The lowest BCUT2D eigenvalue weighted by Crippen LogP contribution is -2.42. The molecule has 3 aromatic rings. The summed E-state index contributed by atoms with van der Waals surface area (Å²) < 4.78 is 41.6. The third-order valence-corrected chi connectivity index (χ3v) is 11.5. The fourth-order valence-corrected chi connectivity index (χ4v) is 8.35. The van der Waals surface area contributed by atoms with Crippen molar-refractivity contribution in [2.45, 2.75) is 123 Å². The van der Waals surface area contributed by atoms with Gasteiger partial charge in [0.1, 0.15) is 23.7 Å². The molecule has 0 spiro atoms. The van der Waals surface area contributed by atoms with Crippen LogP contribution in [0, 0.1) is 20.8 Å². The highest BCUT2D eigenvalue weighted by molar-refractivity contribution is 7.92. The molecule has 3 aromatic carbocycles. The molecule has 252 valence electrons. The van der Waals surface area contributed by atoms with E-state index in [0.717, 1.165) is 83.4 Å². The molecule has 47 heavy (non-hydrogen) atoms. The summed E-state index contributed by atoms with van der Waals surface area (Å²) in [6.07, 6.45) is 12.3. The topological polar surface area (TPSA) is 52.6 Å². The highest BCUT2D eigenvalue weighted by Gasteiger charge is 2.40. The molecule has 0 saturated carbocycles. The molecular formula is C42H54O4S. The molecule has 0 N–H and O–H groups in total. The van der Waals surface area contributed by atoms with Crippen molar-refractivity contribution in [2.24, 2.45) is 0 Å². The number of rotatable bonds is 14. The number of ether oxygens (including phenoxy) is 2. The Morgan fingerprint density at radius 2 is 1.47 bits per heavy atom. The average Bonchev–Trinajstić information content (AvgIpc) is 3.04. The van der Waals surface area contributed by atoms with E-state index in [1.165, 1.54) is 11.1 Å². The first-order valence-electron chi connectivity index (χ1n) is 17.0. The van der Waals surface area contributed by atoms with E-state index in [-0.39, 0.29) is 0 Å². The molecule has 4 rings (SSSR count). The van der Waals surface area contributed by atoms with Gasteiger partial charge in [-0.05, 0) is 128 Å². The van der Waals surface area contributed by atoms with Crippen LogP contribution in [0.15, 0.2) is 101 Å². The molecule has 1 aliphatic heterocycles. The van der Waals surface area contributed by atoms with Gasteiger partial charge in [-0.1, -0.05) is 83.5 Å². The predicted octanol–water partition coefficient (Wildman–Crippen LogP) is 10.9. The van der Waals surface area contributed by atoms with Crippen LogP contribution in [0.3, 0.4) is 0 Å². The fraction of sp³-hybridized carbons (Fsp3) is 0.429. The molecule has 4 nitrogen and oxygen atoms in total. The summed E-state index contributed by atoms with van der Waals surface area (Å²) in [6.45, 7) is 17.4. The van der Waals surface area contributed by atoms with Gasteiger partial charge >= 0.3 is 0 Å². The maximum Gasteiger partial charge on any atom is 0.184 e. The molecule has 0 fully saturated rings. The van der Waals surface area contributed by atoms with Crippen molar-refractivity contribution < 1.29 is 17.9 Å². The normalized spacial score (nSPS) is 17.4. The van der Waals surface area contributed by atoms with E-state index >= 15 is 0 Å². The zero-order valence-corrected chi connectivity index (χ0v) is 30.6. The Morgan fingerprint density at radius 3 is 2.13 bits per heavy atom. The van der Waals surface area contributed by atoms with Crippen molar-refractivity contribution >= 4 is 9.84 Å². The van der Waals surface area contributed by atoms with Crippen LogP contribution in [0.5, 0.6) is 11.5 Å². The second kappa shape index (κ2) is 16.0. The van der Waals surface area contributed by atoms with Crippen LogP contribution in [-0.4, -0.2) is 19.3 Å². The highest BCUT2D eigenvalue weighted by Crippen LogP contribution is 2.45. The van der Waals surface area contributed by atoms with Gasteiger partial charge < -0.3 is 9.47 Å². The van der Waals surface area contributed by atoms with Crippen LogP contribution in [0.1, 0.15) is 101 Å². The number of benzene rings is 3. The number of allylic oxidation sites excluding steroid dienone is 5. The second-order valence-corrected chi connectivity index (χ2v) is 16.0. The molecule has 0 saturated heterocycles. The standard InChI is InChI=1S/C42H54O4S/c1-30(2)17-15-18-31(3)19-16-20-32(4)27-38(47(43,44)37-23-13-10-14-24-37)28-42(8)26-25-39-35(7)40(33(5)34(6)41(39)46-42)45-29-36-21-11-9-12-22-36/h9-14,17,19,21-24,27,38H,15-16,18,20,25-26,28-29H2,1-8H3/t38?,42-/m1/s1. The fourth-order valence-electron chi connectivity index (χ4n) is 6.48. The van der Waals surface area contributed by atoms with Crippen LogP contribution >= 0.6 is 0 Å². The number of fused-ring (bicyclic) bond motifs is 1. The third kappa shape index (κ3) is 9.50. The molecular weight excluding hydrogens is 601 g/mol. The van der Waals surface area contributed by atoms with Gasteiger partial charge in [0.25, 0.3) is 0 Å². The summed E-state index contributed by atoms with van der Waals surface area (Å²) in [5.41, 5.74) is 8.68. The Hall–Kier alpha value is -3.57. The largest absolute Gasteiger partial charge is 0.488 e. The van der Waals surface area contributed by atoms with Gasteiger partial charge in [-0.2, -0.15) is 0 Å². The highest BCUT2D eigenvalue weighted by atomic mass is 32.2. The molecule has 0 aromatic heterocycles. The SMILES string of the molecule is CC(C)=CCCC(C)=CCCC(C)=CC(C[C@@]1(C)CCc2c(C)c(OCc3ccccc3)c(C)c(C)c2O1)S(=O)(=O)c1ccccc1. The van der Waals surface area contributed by atoms with Gasteiger partial charge in [-0.15, -0.1) is 0 Å². The van der Waals surface area contributed by atoms with Crippen LogP contribution in [0.4, 0.5) is 0 Å². The van der Waals surface area contributed by atoms with Crippen LogP contribution in [-0.2, 0) is 22.9 Å². The molecule has 2 atom stereocenters. The van der Waals surface area contributed by atoms with Crippen molar-refractivity contribution in [1.29, 1.82) is 0 Å². The Labute approximate surface area is 284 Å². The van der Waals surface area contributed by atoms with Crippen molar-refractivity contribution in [1.82, 2.24) is 0 Å². The maximum atomic E-state index is 14.2. The summed E-state index contributed by atoms with van der Waals surface area (Å²) in [7, 11) is -3.64. The van der Waals surface area contributed by atoms with Crippen molar-refractivity contribution in [2.75, 3.05) is 0 Å². The lowest BCUT2D eigenvalue weighted by Gasteiger charge is -2.39. The number of hydrogen-bond acceptors (Lipinski definition) is 4. The zero-order chi connectivity index (χ0) is 34.2. The smallest absolute Gasteiger partial charge is 0.184 e. The van der Waals surface area contributed by atoms with Crippen LogP contribution in [0.25, 0.3) is 0 Å². The van der Waals surface area contributed by atoms with Crippen LogP contribution in [0.2, 0.25) is 0 Å². The van der Waals surface area contributed by atoms with Gasteiger partial charge in [-0.3, -0.25) is 0 Å². The quantitative estimate of drug-likeness (QED) is 0.162.